The number of amides is 1. The Morgan fingerprint density at radius 3 is 2.67 bits per heavy atom. The van der Waals surface area contributed by atoms with Gasteiger partial charge in [0.05, 0.1) is 23.0 Å². The highest BCUT2D eigenvalue weighted by Crippen LogP contribution is 2.21. The van der Waals surface area contributed by atoms with Crippen molar-refractivity contribution in [2.45, 2.75) is 46.1 Å². The molecule has 1 aromatic rings. The third-order valence-electron chi connectivity index (χ3n) is 3.70. The van der Waals surface area contributed by atoms with Crippen molar-refractivity contribution in [3.8, 4) is 0 Å². The first-order valence-electron chi connectivity index (χ1n) is 7.52. The summed E-state index contributed by atoms with van der Waals surface area (Å²) in [7, 11) is 0. The van der Waals surface area contributed by atoms with Crippen LogP contribution in [0.2, 0.25) is 0 Å². The molecule has 1 aliphatic rings. The van der Waals surface area contributed by atoms with Crippen molar-refractivity contribution >= 4 is 18.3 Å². The molecular formula is C15H27ClN4O. The monoisotopic (exact) mass is 314 g/mol. The topological polar surface area (TPSA) is 50.2 Å². The molecular weight excluding hydrogens is 288 g/mol. The smallest absolute Gasteiger partial charge is 0.257 e. The molecule has 0 saturated carbocycles. The van der Waals surface area contributed by atoms with Crippen LogP contribution < -0.4 is 5.32 Å². The quantitative estimate of drug-likeness (QED) is 0.909. The Balaban J connectivity index is 0.00000220. The number of aromatic nitrogens is 2. The second-order valence-electron chi connectivity index (χ2n) is 6.34. The summed E-state index contributed by atoms with van der Waals surface area (Å²) in [5.74, 6) is 0.126. The molecule has 21 heavy (non-hydrogen) atoms. The molecule has 6 heteroatoms. The van der Waals surface area contributed by atoms with Crippen molar-refractivity contribution in [1.82, 2.24) is 20.0 Å². The molecule has 0 spiro atoms. The second-order valence-corrected chi connectivity index (χ2v) is 6.34. The van der Waals surface area contributed by atoms with Crippen LogP contribution in [0, 0.1) is 0 Å². The minimum absolute atomic E-state index is 0. The van der Waals surface area contributed by atoms with Gasteiger partial charge in [-0.25, -0.2) is 0 Å². The Morgan fingerprint density at radius 1 is 1.33 bits per heavy atom. The number of halogens is 1. The standard InChI is InChI=1S/C15H26N4O.ClH/c1-5-13-12(11-17-19(13)15(2,3)4)14(20)18-9-6-7-16-8-10-18;/h11,16H,5-10H2,1-4H3;1H. The van der Waals surface area contributed by atoms with Gasteiger partial charge >= 0.3 is 0 Å². The van der Waals surface area contributed by atoms with Crippen LogP contribution in [0.3, 0.4) is 0 Å². The van der Waals surface area contributed by atoms with E-state index in [4.69, 9.17) is 0 Å². The van der Waals surface area contributed by atoms with Gasteiger partial charge in [-0.05, 0) is 40.2 Å². The molecule has 0 radical (unpaired) electrons. The van der Waals surface area contributed by atoms with Gasteiger partial charge in [0.25, 0.3) is 5.91 Å². The Labute approximate surface area is 133 Å². The maximum Gasteiger partial charge on any atom is 0.257 e. The Bertz CT molecular complexity index is 471. The van der Waals surface area contributed by atoms with Crippen LogP contribution in [0.15, 0.2) is 6.20 Å². The van der Waals surface area contributed by atoms with E-state index in [1.165, 1.54) is 0 Å². The SMILES string of the molecule is CCc1c(C(=O)N2CCCNCC2)cnn1C(C)(C)C.Cl. The van der Waals surface area contributed by atoms with E-state index in [0.717, 1.165) is 50.3 Å². The summed E-state index contributed by atoms with van der Waals surface area (Å²) >= 11 is 0. The van der Waals surface area contributed by atoms with Crippen LogP contribution in [-0.4, -0.2) is 46.8 Å². The zero-order valence-electron chi connectivity index (χ0n) is 13.5. The van der Waals surface area contributed by atoms with Gasteiger partial charge in [0.1, 0.15) is 0 Å². The van der Waals surface area contributed by atoms with Gasteiger partial charge in [-0.2, -0.15) is 5.10 Å². The summed E-state index contributed by atoms with van der Waals surface area (Å²) in [5.41, 5.74) is 1.72. The third-order valence-corrected chi connectivity index (χ3v) is 3.70. The molecule has 1 aromatic heterocycles. The van der Waals surface area contributed by atoms with Crippen molar-refractivity contribution in [2.75, 3.05) is 26.2 Å². The van der Waals surface area contributed by atoms with Crippen LogP contribution in [0.4, 0.5) is 0 Å². The third kappa shape index (κ3) is 3.98. The molecule has 2 rings (SSSR count). The number of carbonyl (C=O) groups excluding carboxylic acids is 1. The number of carbonyl (C=O) groups is 1. The fourth-order valence-electron chi connectivity index (χ4n) is 2.69. The van der Waals surface area contributed by atoms with E-state index in [1.54, 1.807) is 6.20 Å². The zero-order valence-corrected chi connectivity index (χ0v) is 14.3. The van der Waals surface area contributed by atoms with Crippen molar-refractivity contribution in [1.29, 1.82) is 0 Å². The lowest BCUT2D eigenvalue weighted by molar-refractivity contribution is 0.0765. The summed E-state index contributed by atoms with van der Waals surface area (Å²) < 4.78 is 1.98. The van der Waals surface area contributed by atoms with Crippen LogP contribution in [0.25, 0.3) is 0 Å². The molecule has 0 aromatic carbocycles. The predicted molar refractivity (Wildman–Crippen MR) is 87.2 cm³/mol. The fraction of sp³-hybridized carbons (Fsp3) is 0.733. The molecule has 0 aliphatic carbocycles. The zero-order chi connectivity index (χ0) is 14.8. The molecule has 1 amide bonds. The average molecular weight is 315 g/mol. The van der Waals surface area contributed by atoms with E-state index >= 15 is 0 Å². The van der Waals surface area contributed by atoms with Crippen molar-refractivity contribution in [3.63, 3.8) is 0 Å². The highest BCUT2D eigenvalue weighted by molar-refractivity contribution is 5.95. The summed E-state index contributed by atoms with van der Waals surface area (Å²) in [6.07, 6.45) is 3.58. The first kappa shape index (κ1) is 18.0. The normalized spacial score (nSPS) is 16.3. The maximum atomic E-state index is 12.7. The van der Waals surface area contributed by atoms with E-state index in [-0.39, 0.29) is 23.9 Å². The summed E-state index contributed by atoms with van der Waals surface area (Å²) in [5, 5.41) is 7.78. The number of hydrogen-bond acceptors (Lipinski definition) is 3. The maximum absolute atomic E-state index is 12.7. The second kappa shape index (κ2) is 7.27. The largest absolute Gasteiger partial charge is 0.337 e. The Hall–Kier alpha value is -1.07. The fourth-order valence-corrected chi connectivity index (χ4v) is 2.69. The Morgan fingerprint density at radius 2 is 2.05 bits per heavy atom. The van der Waals surface area contributed by atoms with Gasteiger partial charge in [-0.15, -0.1) is 12.4 Å². The summed E-state index contributed by atoms with van der Waals surface area (Å²) in [4.78, 5) is 14.7. The van der Waals surface area contributed by atoms with Gasteiger partial charge in [0.2, 0.25) is 0 Å². The molecule has 120 valence electrons. The average Bonchev–Trinajstić information content (AvgIpc) is 2.65. The first-order valence-corrected chi connectivity index (χ1v) is 7.52. The number of nitrogens with zero attached hydrogens (tertiary/aromatic N) is 3. The highest BCUT2D eigenvalue weighted by Gasteiger charge is 2.26. The van der Waals surface area contributed by atoms with Crippen molar-refractivity contribution < 1.29 is 4.79 Å². The van der Waals surface area contributed by atoms with Crippen LogP contribution in [-0.2, 0) is 12.0 Å². The van der Waals surface area contributed by atoms with Gasteiger partial charge < -0.3 is 10.2 Å². The molecule has 0 unspecified atom stereocenters. The summed E-state index contributed by atoms with van der Waals surface area (Å²) in [6, 6.07) is 0. The minimum atomic E-state index is -0.0930. The van der Waals surface area contributed by atoms with Crippen molar-refractivity contribution in [3.05, 3.63) is 17.5 Å². The first-order chi connectivity index (χ1) is 9.45. The number of hydrogen-bond donors (Lipinski definition) is 1. The van der Waals surface area contributed by atoms with Crippen LogP contribution in [0.5, 0.6) is 0 Å². The van der Waals surface area contributed by atoms with E-state index in [1.807, 2.05) is 9.58 Å². The van der Waals surface area contributed by atoms with Crippen LogP contribution >= 0.6 is 12.4 Å². The Kier molecular flexibility index (Phi) is 6.23. The molecule has 0 bridgehead atoms. The molecule has 1 saturated heterocycles. The molecule has 5 nitrogen and oxygen atoms in total. The van der Waals surface area contributed by atoms with Gasteiger partial charge in [0, 0.05) is 19.6 Å². The summed E-state index contributed by atoms with van der Waals surface area (Å²) in [6.45, 7) is 11.9. The predicted octanol–water partition coefficient (Wildman–Crippen LogP) is 2.06. The van der Waals surface area contributed by atoms with E-state index in [9.17, 15) is 4.79 Å². The molecule has 0 atom stereocenters. The van der Waals surface area contributed by atoms with E-state index in [2.05, 4.69) is 38.1 Å². The lowest BCUT2D eigenvalue weighted by Gasteiger charge is -2.24. The number of rotatable bonds is 2. The van der Waals surface area contributed by atoms with Gasteiger partial charge in [-0.1, -0.05) is 6.92 Å². The van der Waals surface area contributed by atoms with Gasteiger partial charge in [0.15, 0.2) is 0 Å². The minimum Gasteiger partial charge on any atom is -0.337 e. The molecule has 1 fully saturated rings. The van der Waals surface area contributed by atoms with E-state index in [0.29, 0.717) is 0 Å². The molecule has 1 N–H and O–H groups in total. The van der Waals surface area contributed by atoms with Gasteiger partial charge in [-0.3, -0.25) is 9.48 Å². The lowest BCUT2D eigenvalue weighted by Crippen LogP contribution is -2.35. The van der Waals surface area contributed by atoms with Crippen LogP contribution in [0.1, 0.15) is 50.2 Å². The van der Waals surface area contributed by atoms with Crippen molar-refractivity contribution in [2.24, 2.45) is 0 Å². The number of nitrogens with one attached hydrogen (secondary N) is 1. The molecule has 1 aliphatic heterocycles. The highest BCUT2D eigenvalue weighted by atomic mass is 35.5. The lowest BCUT2D eigenvalue weighted by atomic mass is 10.1. The molecule has 2 heterocycles. The van der Waals surface area contributed by atoms with E-state index < -0.39 is 0 Å².